The highest BCUT2D eigenvalue weighted by Crippen LogP contribution is 2.32. The van der Waals surface area contributed by atoms with Gasteiger partial charge < -0.3 is 24.8 Å². The molecule has 3 heterocycles. The fraction of sp³-hybridized carbons (Fsp3) is 0.409. The summed E-state index contributed by atoms with van der Waals surface area (Å²) in [5.74, 6) is 0.0529. The number of hydrogen-bond donors (Lipinski definition) is 2. The summed E-state index contributed by atoms with van der Waals surface area (Å²) in [5, 5.41) is 12.4. The van der Waals surface area contributed by atoms with Crippen molar-refractivity contribution < 1.29 is 24.2 Å². The topological polar surface area (TPSA) is 104 Å². The molecule has 9 nitrogen and oxygen atoms in total. The zero-order chi connectivity index (χ0) is 21.6. The summed E-state index contributed by atoms with van der Waals surface area (Å²) in [6.45, 7) is 4.28. The maximum atomic E-state index is 12.5. The number of fused-ring (bicyclic) bond motifs is 1. The average Bonchev–Trinajstić information content (AvgIpc) is 2.79. The monoisotopic (exact) mass is 426 g/mol. The van der Waals surface area contributed by atoms with Gasteiger partial charge >= 0.3 is 5.97 Å². The fourth-order valence-corrected chi connectivity index (χ4v) is 3.80. The Morgan fingerprint density at radius 2 is 1.84 bits per heavy atom. The van der Waals surface area contributed by atoms with Gasteiger partial charge in [0.1, 0.15) is 19.0 Å². The van der Waals surface area contributed by atoms with Crippen LogP contribution in [0.1, 0.15) is 6.42 Å². The number of piperazine rings is 1. The molecule has 1 unspecified atom stereocenters. The molecular weight excluding hydrogens is 400 g/mol. The van der Waals surface area contributed by atoms with Gasteiger partial charge in [-0.2, -0.15) is 0 Å². The number of hydrogen-bond acceptors (Lipinski definition) is 7. The van der Waals surface area contributed by atoms with Crippen LogP contribution in [0, 0.1) is 5.92 Å². The molecule has 2 aliphatic heterocycles. The molecule has 1 saturated heterocycles. The Morgan fingerprint density at radius 3 is 2.55 bits per heavy atom. The van der Waals surface area contributed by atoms with Crippen LogP contribution in [0.25, 0.3) is 0 Å². The van der Waals surface area contributed by atoms with Crippen molar-refractivity contribution in [3.63, 3.8) is 0 Å². The first kappa shape index (κ1) is 20.9. The summed E-state index contributed by atoms with van der Waals surface area (Å²) in [4.78, 5) is 32.9. The molecule has 31 heavy (non-hydrogen) atoms. The van der Waals surface area contributed by atoms with E-state index >= 15 is 0 Å². The number of aliphatic carboxylic acids is 1. The van der Waals surface area contributed by atoms with E-state index in [-0.39, 0.29) is 12.3 Å². The van der Waals surface area contributed by atoms with Crippen molar-refractivity contribution in [2.24, 2.45) is 5.92 Å². The Kier molecular flexibility index (Phi) is 6.51. The van der Waals surface area contributed by atoms with Gasteiger partial charge in [0, 0.05) is 57.1 Å². The average molecular weight is 426 g/mol. The summed E-state index contributed by atoms with van der Waals surface area (Å²) in [7, 11) is 0. The molecule has 2 aliphatic rings. The fourth-order valence-electron chi connectivity index (χ4n) is 3.80. The van der Waals surface area contributed by atoms with Gasteiger partial charge in [-0.05, 0) is 24.3 Å². The number of anilines is 2. The van der Waals surface area contributed by atoms with Gasteiger partial charge in [0.05, 0.1) is 5.92 Å². The van der Waals surface area contributed by atoms with Crippen LogP contribution in [0.15, 0.2) is 42.6 Å². The smallest absolute Gasteiger partial charge is 0.308 e. The van der Waals surface area contributed by atoms with Crippen LogP contribution in [-0.4, -0.2) is 72.8 Å². The number of ether oxygens (including phenoxy) is 2. The Bertz CT molecular complexity index is 915. The summed E-state index contributed by atoms with van der Waals surface area (Å²) in [6, 6.07) is 11.0. The molecule has 0 radical (unpaired) electrons. The van der Waals surface area contributed by atoms with E-state index in [1.165, 1.54) is 0 Å². The van der Waals surface area contributed by atoms with E-state index in [1.54, 1.807) is 24.4 Å². The molecule has 4 rings (SSSR count). The quantitative estimate of drug-likeness (QED) is 0.690. The minimum Gasteiger partial charge on any atom is -0.486 e. The third-order valence-electron chi connectivity index (χ3n) is 5.43. The van der Waals surface area contributed by atoms with E-state index in [2.05, 4.69) is 20.1 Å². The molecule has 9 heteroatoms. The zero-order valence-electron chi connectivity index (χ0n) is 17.2. The molecule has 1 fully saturated rings. The molecule has 1 atom stereocenters. The van der Waals surface area contributed by atoms with E-state index in [1.807, 2.05) is 18.2 Å². The highest BCUT2D eigenvalue weighted by molar-refractivity contribution is 5.93. The second-order valence-electron chi connectivity index (χ2n) is 7.62. The first-order chi connectivity index (χ1) is 15.1. The molecular formula is C22H26N4O5. The molecule has 1 aromatic carbocycles. The number of rotatable bonds is 7. The van der Waals surface area contributed by atoms with Crippen LogP contribution >= 0.6 is 0 Å². The lowest BCUT2D eigenvalue weighted by atomic mass is 10.0. The lowest BCUT2D eigenvalue weighted by Gasteiger charge is -2.36. The third-order valence-corrected chi connectivity index (χ3v) is 5.43. The Balaban J connectivity index is 1.29. The predicted molar refractivity (Wildman–Crippen MR) is 115 cm³/mol. The van der Waals surface area contributed by atoms with Crippen LogP contribution in [0.5, 0.6) is 11.5 Å². The van der Waals surface area contributed by atoms with Gasteiger partial charge in [0.25, 0.3) is 0 Å². The standard InChI is InChI=1S/C22H26N4O5/c27-21(24-17-4-5-18-19(14-17)31-12-11-30-18)13-16(22(28)29)15-25-7-9-26(10-8-25)20-3-1-2-6-23-20/h1-6,14,16H,7-13,15H2,(H,24,27)(H,28,29). The van der Waals surface area contributed by atoms with Gasteiger partial charge in [-0.1, -0.05) is 6.07 Å². The normalized spacial score (nSPS) is 17.1. The minimum atomic E-state index is -0.968. The van der Waals surface area contributed by atoms with Crippen molar-refractivity contribution in [2.45, 2.75) is 6.42 Å². The number of carboxylic acids is 1. The lowest BCUT2D eigenvalue weighted by molar-refractivity contribution is -0.144. The van der Waals surface area contributed by atoms with Gasteiger partial charge in [-0.15, -0.1) is 0 Å². The van der Waals surface area contributed by atoms with Crippen molar-refractivity contribution in [2.75, 3.05) is 56.2 Å². The lowest BCUT2D eigenvalue weighted by Crippen LogP contribution is -2.49. The largest absolute Gasteiger partial charge is 0.486 e. The van der Waals surface area contributed by atoms with Crippen molar-refractivity contribution in [1.29, 1.82) is 0 Å². The van der Waals surface area contributed by atoms with Crippen LogP contribution in [0.4, 0.5) is 11.5 Å². The summed E-state index contributed by atoms with van der Waals surface area (Å²) in [5.41, 5.74) is 0.558. The van der Waals surface area contributed by atoms with E-state index in [0.717, 1.165) is 32.0 Å². The molecule has 0 aliphatic carbocycles. The van der Waals surface area contributed by atoms with Crippen LogP contribution < -0.4 is 19.7 Å². The van der Waals surface area contributed by atoms with Gasteiger partial charge in [0.2, 0.25) is 5.91 Å². The molecule has 0 saturated carbocycles. The highest BCUT2D eigenvalue weighted by atomic mass is 16.6. The molecule has 2 N–H and O–H groups in total. The number of nitrogens with one attached hydrogen (secondary N) is 1. The third kappa shape index (κ3) is 5.43. The minimum absolute atomic E-state index is 0.0930. The van der Waals surface area contributed by atoms with Crippen LogP contribution in [-0.2, 0) is 9.59 Å². The van der Waals surface area contributed by atoms with Crippen molar-refractivity contribution in [3.8, 4) is 11.5 Å². The SMILES string of the molecule is O=C(CC(CN1CCN(c2ccccn2)CC1)C(=O)O)Nc1ccc2c(c1)OCCO2. The number of carboxylic acid groups (broad SMARTS) is 1. The predicted octanol–water partition coefficient (Wildman–Crippen LogP) is 1.70. The maximum Gasteiger partial charge on any atom is 0.308 e. The van der Waals surface area contributed by atoms with E-state index in [4.69, 9.17) is 9.47 Å². The molecule has 0 spiro atoms. The van der Waals surface area contributed by atoms with Crippen LogP contribution in [0.2, 0.25) is 0 Å². The highest BCUT2D eigenvalue weighted by Gasteiger charge is 2.27. The van der Waals surface area contributed by atoms with Crippen molar-refractivity contribution >= 4 is 23.4 Å². The Morgan fingerprint density at radius 1 is 1.06 bits per heavy atom. The number of benzene rings is 1. The summed E-state index contributed by atoms with van der Waals surface area (Å²) in [6.07, 6.45) is 1.67. The molecule has 2 aromatic rings. The summed E-state index contributed by atoms with van der Waals surface area (Å²) >= 11 is 0. The molecule has 1 aromatic heterocycles. The number of carbonyl (C=O) groups is 2. The maximum absolute atomic E-state index is 12.5. The number of nitrogens with zero attached hydrogens (tertiary/aromatic N) is 3. The van der Waals surface area contributed by atoms with E-state index < -0.39 is 11.9 Å². The van der Waals surface area contributed by atoms with Gasteiger partial charge in [-0.25, -0.2) is 4.98 Å². The van der Waals surface area contributed by atoms with Crippen molar-refractivity contribution in [1.82, 2.24) is 9.88 Å². The van der Waals surface area contributed by atoms with E-state index in [9.17, 15) is 14.7 Å². The first-order valence-corrected chi connectivity index (χ1v) is 10.4. The van der Waals surface area contributed by atoms with Crippen LogP contribution in [0.3, 0.4) is 0 Å². The zero-order valence-corrected chi connectivity index (χ0v) is 17.2. The van der Waals surface area contributed by atoms with E-state index in [0.29, 0.717) is 36.9 Å². The Labute approximate surface area is 180 Å². The molecule has 0 bridgehead atoms. The summed E-state index contributed by atoms with van der Waals surface area (Å²) < 4.78 is 11.0. The number of carbonyl (C=O) groups excluding carboxylic acids is 1. The number of pyridine rings is 1. The second kappa shape index (κ2) is 9.65. The number of amides is 1. The Hall–Kier alpha value is -3.33. The molecule has 164 valence electrons. The molecule has 1 amide bonds. The first-order valence-electron chi connectivity index (χ1n) is 10.4. The second-order valence-corrected chi connectivity index (χ2v) is 7.62. The van der Waals surface area contributed by atoms with Gasteiger partial charge in [0.15, 0.2) is 11.5 Å². The van der Waals surface area contributed by atoms with Crippen molar-refractivity contribution in [3.05, 3.63) is 42.6 Å². The van der Waals surface area contributed by atoms with Gasteiger partial charge in [-0.3, -0.25) is 14.5 Å². The number of aromatic nitrogens is 1.